The van der Waals surface area contributed by atoms with Crippen molar-refractivity contribution in [2.45, 2.75) is 13.5 Å². The van der Waals surface area contributed by atoms with E-state index in [1.165, 1.54) is 0 Å². The van der Waals surface area contributed by atoms with Gasteiger partial charge in [0.15, 0.2) is 10.6 Å². The van der Waals surface area contributed by atoms with Crippen LogP contribution in [0.3, 0.4) is 0 Å². The topological polar surface area (TPSA) is 77.4 Å². The van der Waals surface area contributed by atoms with Crippen LogP contribution < -0.4 is 4.90 Å². The molecule has 1 aliphatic heterocycles. The predicted molar refractivity (Wildman–Crippen MR) is 114 cm³/mol. The van der Waals surface area contributed by atoms with E-state index in [0.717, 1.165) is 16.8 Å². The van der Waals surface area contributed by atoms with Gasteiger partial charge in [0.1, 0.15) is 12.3 Å². The summed E-state index contributed by atoms with van der Waals surface area (Å²) in [5, 5.41) is 17.2. The summed E-state index contributed by atoms with van der Waals surface area (Å²) in [5.74, 6) is 0.938. The molecule has 0 spiro atoms. The van der Waals surface area contributed by atoms with Gasteiger partial charge >= 0.3 is 0 Å². The summed E-state index contributed by atoms with van der Waals surface area (Å²) >= 11 is 5.36. The van der Waals surface area contributed by atoms with Crippen molar-refractivity contribution in [1.29, 1.82) is 0 Å². The Kier molecular flexibility index (Phi) is 5.35. The number of piperazine rings is 1. The fourth-order valence-corrected chi connectivity index (χ4v) is 3.83. The molecule has 0 atom stereocenters. The Morgan fingerprint density at radius 3 is 2.62 bits per heavy atom. The van der Waals surface area contributed by atoms with E-state index in [-0.39, 0.29) is 18.2 Å². The second-order valence-electron chi connectivity index (χ2n) is 7.16. The average Bonchev–Trinajstić information content (AvgIpc) is 3.09. The first kappa shape index (κ1) is 19.2. The average molecular weight is 410 g/mol. The van der Waals surface area contributed by atoms with Gasteiger partial charge in [-0.15, -0.1) is 0 Å². The fourth-order valence-electron chi connectivity index (χ4n) is 3.63. The van der Waals surface area contributed by atoms with Crippen molar-refractivity contribution in [1.82, 2.24) is 19.7 Å². The van der Waals surface area contributed by atoms with Crippen LogP contribution >= 0.6 is 12.2 Å². The molecule has 1 aliphatic rings. The number of phenolic OH excluding ortho intramolecular Hbond substituents is 1. The lowest BCUT2D eigenvalue weighted by Crippen LogP contribution is -2.49. The second-order valence-corrected chi connectivity index (χ2v) is 7.55. The Bertz CT molecular complexity index is 1080. The van der Waals surface area contributed by atoms with Crippen molar-refractivity contribution in [2.24, 2.45) is 0 Å². The Balaban J connectivity index is 1.46. The van der Waals surface area contributed by atoms with Gasteiger partial charge in [-0.25, -0.2) is 0 Å². The van der Waals surface area contributed by atoms with Crippen LogP contribution in [0.1, 0.15) is 5.56 Å². The number of hydrogen-bond acceptors (Lipinski definition) is 5. The third kappa shape index (κ3) is 4.02. The molecule has 1 fully saturated rings. The number of phenols is 1. The number of rotatable bonds is 4. The van der Waals surface area contributed by atoms with Gasteiger partial charge in [0.25, 0.3) is 0 Å². The minimum atomic E-state index is 0.00772. The molecule has 4 rings (SSSR count). The minimum absolute atomic E-state index is 0.00772. The first-order chi connectivity index (χ1) is 14.0. The van der Waals surface area contributed by atoms with Gasteiger partial charge < -0.3 is 14.9 Å². The van der Waals surface area contributed by atoms with Gasteiger partial charge in [-0.2, -0.15) is 5.10 Å². The molecule has 0 radical (unpaired) electrons. The lowest BCUT2D eigenvalue weighted by Gasteiger charge is -2.36. The second kappa shape index (κ2) is 8.08. The SMILES string of the molecule is Cc1cccc(-c2n[nH]c(=S)n2CC(=O)N2CCN(c3ccccc3O)CC2)c1. The molecule has 1 amide bonds. The summed E-state index contributed by atoms with van der Waals surface area (Å²) in [4.78, 5) is 16.9. The monoisotopic (exact) mass is 409 g/mol. The molecule has 7 nitrogen and oxygen atoms in total. The molecule has 150 valence electrons. The highest BCUT2D eigenvalue weighted by Crippen LogP contribution is 2.27. The standard InChI is InChI=1S/C21H23N5O2S/c1-15-5-4-6-16(13-15)20-22-23-21(29)26(20)14-19(28)25-11-9-24(10-12-25)17-7-2-3-8-18(17)27/h2-8,13,27H,9-12,14H2,1H3,(H,23,29). The van der Waals surface area contributed by atoms with E-state index in [2.05, 4.69) is 15.1 Å². The summed E-state index contributed by atoms with van der Waals surface area (Å²) in [6.07, 6.45) is 0. The van der Waals surface area contributed by atoms with E-state index in [1.807, 2.05) is 48.2 Å². The minimum Gasteiger partial charge on any atom is -0.506 e. The first-order valence-electron chi connectivity index (χ1n) is 9.56. The third-order valence-electron chi connectivity index (χ3n) is 5.18. The Morgan fingerprint density at radius 1 is 1.14 bits per heavy atom. The number of H-pyrrole nitrogens is 1. The van der Waals surface area contributed by atoms with Crippen LogP contribution in [0.2, 0.25) is 0 Å². The zero-order chi connectivity index (χ0) is 20.4. The van der Waals surface area contributed by atoms with Gasteiger partial charge in [-0.1, -0.05) is 35.9 Å². The highest BCUT2D eigenvalue weighted by Gasteiger charge is 2.23. The Labute approximate surface area is 174 Å². The van der Waals surface area contributed by atoms with Crippen molar-refractivity contribution in [3.05, 3.63) is 58.9 Å². The number of hydrogen-bond donors (Lipinski definition) is 2. The fraction of sp³-hybridized carbons (Fsp3) is 0.286. The summed E-state index contributed by atoms with van der Waals surface area (Å²) in [6, 6.07) is 15.3. The number of amides is 1. The van der Waals surface area contributed by atoms with E-state index in [9.17, 15) is 9.90 Å². The van der Waals surface area contributed by atoms with Gasteiger partial charge in [0.05, 0.1) is 5.69 Å². The molecule has 0 bridgehead atoms. The maximum atomic E-state index is 12.9. The summed E-state index contributed by atoms with van der Waals surface area (Å²) in [6.45, 7) is 4.70. The lowest BCUT2D eigenvalue weighted by molar-refractivity contribution is -0.132. The number of carbonyl (C=O) groups excluding carboxylic acids is 1. The van der Waals surface area contributed by atoms with E-state index in [4.69, 9.17) is 12.2 Å². The van der Waals surface area contributed by atoms with E-state index < -0.39 is 0 Å². The van der Waals surface area contributed by atoms with Gasteiger partial charge in [0, 0.05) is 31.7 Å². The van der Waals surface area contributed by atoms with Gasteiger partial charge in [-0.3, -0.25) is 14.5 Å². The van der Waals surface area contributed by atoms with Crippen molar-refractivity contribution in [3.8, 4) is 17.1 Å². The first-order valence-corrected chi connectivity index (χ1v) is 9.97. The largest absolute Gasteiger partial charge is 0.506 e. The molecule has 0 unspecified atom stereocenters. The van der Waals surface area contributed by atoms with E-state index >= 15 is 0 Å². The van der Waals surface area contributed by atoms with Gasteiger partial charge in [-0.05, 0) is 37.3 Å². The molecule has 3 aromatic rings. The molecule has 0 aliphatic carbocycles. The maximum Gasteiger partial charge on any atom is 0.242 e. The van der Waals surface area contributed by atoms with Crippen LogP contribution in [0.15, 0.2) is 48.5 Å². The number of nitrogens with one attached hydrogen (secondary N) is 1. The maximum absolute atomic E-state index is 12.9. The van der Waals surface area contributed by atoms with Crippen molar-refractivity contribution >= 4 is 23.8 Å². The summed E-state index contributed by atoms with van der Waals surface area (Å²) < 4.78 is 2.18. The normalized spacial score (nSPS) is 14.2. The number of aromatic hydroxyl groups is 1. The van der Waals surface area contributed by atoms with Crippen LogP contribution in [0, 0.1) is 11.7 Å². The quantitative estimate of drug-likeness (QED) is 0.648. The van der Waals surface area contributed by atoms with Crippen LogP contribution in [0.4, 0.5) is 5.69 Å². The molecular weight excluding hydrogens is 386 g/mol. The molecule has 0 saturated carbocycles. The lowest BCUT2D eigenvalue weighted by atomic mass is 10.1. The van der Waals surface area contributed by atoms with Crippen molar-refractivity contribution in [3.63, 3.8) is 0 Å². The van der Waals surface area contributed by atoms with E-state index in [1.54, 1.807) is 16.7 Å². The number of benzene rings is 2. The molecular formula is C21H23N5O2S. The predicted octanol–water partition coefficient (Wildman–Crippen LogP) is 2.97. The number of carbonyl (C=O) groups is 1. The number of nitrogens with zero attached hydrogens (tertiary/aromatic N) is 4. The number of aromatic amines is 1. The number of para-hydroxylation sites is 2. The zero-order valence-electron chi connectivity index (χ0n) is 16.2. The number of aryl methyl sites for hydroxylation is 1. The smallest absolute Gasteiger partial charge is 0.242 e. The Hall–Kier alpha value is -3.13. The molecule has 2 N–H and O–H groups in total. The molecule has 1 aromatic heterocycles. The van der Waals surface area contributed by atoms with Crippen molar-refractivity contribution in [2.75, 3.05) is 31.1 Å². The third-order valence-corrected chi connectivity index (χ3v) is 5.49. The van der Waals surface area contributed by atoms with Crippen LogP contribution in [-0.4, -0.2) is 56.9 Å². The summed E-state index contributed by atoms with van der Waals surface area (Å²) in [7, 11) is 0. The number of anilines is 1. The van der Waals surface area contributed by atoms with Crippen molar-refractivity contribution < 1.29 is 9.90 Å². The van der Waals surface area contributed by atoms with Gasteiger partial charge in [0.2, 0.25) is 5.91 Å². The molecule has 29 heavy (non-hydrogen) atoms. The van der Waals surface area contributed by atoms with E-state index in [0.29, 0.717) is 36.8 Å². The number of aromatic nitrogens is 3. The van der Waals surface area contributed by atoms with Crippen LogP contribution in [-0.2, 0) is 11.3 Å². The molecule has 2 heterocycles. The molecule has 2 aromatic carbocycles. The highest BCUT2D eigenvalue weighted by atomic mass is 32.1. The Morgan fingerprint density at radius 2 is 1.90 bits per heavy atom. The van der Waals surface area contributed by atoms with Crippen LogP contribution in [0.5, 0.6) is 5.75 Å². The summed E-state index contributed by atoms with van der Waals surface area (Å²) in [5.41, 5.74) is 2.85. The highest BCUT2D eigenvalue weighted by molar-refractivity contribution is 7.71. The van der Waals surface area contributed by atoms with Crippen LogP contribution in [0.25, 0.3) is 11.4 Å². The zero-order valence-corrected chi connectivity index (χ0v) is 17.0. The molecule has 8 heteroatoms. The molecule has 1 saturated heterocycles.